The first kappa shape index (κ1) is 11.2. The monoisotopic (exact) mass is 237 g/mol. The van der Waals surface area contributed by atoms with Crippen molar-refractivity contribution in [1.29, 1.82) is 0 Å². The third-order valence-electron chi connectivity index (χ3n) is 2.21. The second-order valence-electron chi connectivity index (χ2n) is 3.52. The van der Waals surface area contributed by atoms with Crippen LogP contribution < -0.4 is 11.1 Å². The molecule has 0 aliphatic carbocycles. The number of rotatable bonds is 5. The average molecular weight is 237 g/mol. The van der Waals surface area contributed by atoms with Crippen molar-refractivity contribution in [3.05, 3.63) is 18.2 Å². The maximum Gasteiger partial charge on any atom is 0.183 e. The van der Waals surface area contributed by atoms with E-state index in [4.69, 9.17) is 10.5 Å². The molecule has 0 saturated heterocycles. The van der Waals surface area contributed by atoms with Gasteiger partial charge in [0.25, 0.3) is 0 Å². The van der Waals surface area contributed by atoms with Crippen molar-refractivity contribution >= 4 is 32.4 Å². The Morgan fingerprint density at radius 3 is 3.19 bits per heavy atom. The number of ether oxygens (including phenoxy) is 1. The van der Waals surface area contributed by atoms with Crippen molar-refractivity contribution < 1.29 is 4.74 Å². The zero-order chi connectivity index (χ0) is 11.4. The molecule has 0 fully saturated rings. The van der Waals surface area contributed by atoms with Gasteiger partial charge in [0.05, 0.1) is 10.2 Å². The van der Waals surface area contributed by atoms with E-state index in [1.165, 1.54) is 0 Å². The number of aromatic nitrogens is 1. The molecule has 2 aromatic rings. The molecule has 1 aromatic heterocycles. The minimum atomic E-state index is 0.769. The van der Waals surface area contributed by atoms with Crippen molar-refractivity contribution in [3.8, 4) is 0 Å². The normalized spacial score (nSPS) is 10.8. The molecule has 0 spiro atoms. The van der Waals surface area contributed by atoms with Gasteiger partial charge in [0, 0.05) is 25.9 Å². The standard InChI is InChI=1S/C11H15N3OS/c1-15-6-2-5-13-11-14-9-4-3-8(12)7-10(9)16-11/h3-4,7H,2,5-6,12H2,1H3,(H,13,14). The Morgan fingerprint density at radius 1 is 1.50 bits per heavy atom. The summed E-state index contributed by atoms with van der Waals surface area (Å²) < 4.78 is 6.10. The molecule has 0 saturated carbocycles. The Balaban J connectivity index is 2.02. The lowest BCUT2D eigenvalue weighted by Gasteiger charge is -2.00. The van der Waals surface area contributed by atoms with Crippen LogP contribution in [0, 0.1) is 0 Å². The number of nitrogen functional groups attached to an aromatic ring is 1. The molecule has 0 amide bonds. The molecule has 0 radical (unpaired) electrons. The number of methoxy groups -OCH3 is 1. The number of fused-ring (bicyclic) bond motifs is 1. The van der Waals surface area contributed by atoms with Crippen molar-refractivity contribution in [2.75, 3.05) is 31.3 Å². The number of hydrogen-bond donors (Lipinski definition) is 2. The molecule has 0 aliphatic heterocycles. The first-order valence-corrected chi connectivity index (χ1v) is 6.00. The summed E-state index contributed by atoms with van der Waals surface area (Å²) in [6.07, 6.45) is 0.981. The topological polar surface area (TPSA) is 60.2 Å². The Labute approximate surface area is 98.4 Å². The van der Waals surface area contributed by atoms with E-state index < -0.39 is 0 Å². The lowest BCUT2D eigenvalue weighted by Crippen LogP contribution is -2.03. The van der Waals surface area contributed by atoms with Gasteiger partial charge < -0.3 is 15.8 Å². The highest BCUT2D eigenvalue weighted by Gasteiger charge is 2.02. The van der Waals surface area contributed by atoms with Gasteiger partial charge in [0.15, 0.2) is 5.13 Å². The van der Waals surface area contributed by atoms with Gasteiger partial charge in [-0.1, -0.05) is 11.3 Å². The number of hydrogen-bond acceptors (Lipinski definition) is 5. The van der Waals surface area contributed by atoms with Crippen LogP contribution in [0.15, 0.2) is 18.2 Å². The van der Waals surface area contributed by atoms with Gasteiger partial charge in [-0.15, -0.1) is 0 Å². The van der Waals surface area contributed by atoms with Crippen LogP contribution in [-0.4, -0.2) is 25.2 Å². The van der Waals surface area contributed by atoms with Crippen LogP contribution in [0.5, 0.6) is 0 Å². The quantitative estimate of drug-likeness (QED) is 0.619. The summed E-state index contributed by atoms with van der Waals surface area (Å²) in [5.41, 5.74) is 7.49. The average Bonchev–Trinajstić information content (AvgIpc) is 2.66. The second kappa shape index (κ2) is 5.14. The maximum atomic E-state index is 5.71. The lowest BCUT2D eigenvalue weighted by atomic mass is 10.3. The van der Waals surface area contributed by atoms with Crippen LogP contribution >= 0.6 is 11.3 Å². The highest BCUT2D eigenvalue weighted by Crippen LogP contribution is 2.27. The molecule has 1 aromatic carbocycles. The van der Waals surface area contributed by atoms with E-state index in [1.54, 1.807) is 18.4 Å². The maximum absolute atomic E-state index is 5.71. The zero-order valence-electron chi connectivity index (χ0n) is 9.19. The van der Waals surface area contributed by atoms with E-state index in [9.17, 15) is 0 Å². The minimum absolute atomic E-state index is 0.769. The summed E-state index contributed by atoms with van der Waals surface area (Å²) in [6.45, 7) is 1.65. The highest BCUT2D eigenvalue weighted by molar-refractivity contribution is 7.22. The number of nitrogens with two attached hydrogens (primary N) is 1. The number of nitrogens with one attached hydrogen (secondary N) is 1. The van der Waals surface area contributed by atoms with Crippen LogP contribution in [0.3, 0.4) is 0 Å². The Kier molecular flexibility index (Phi) is 3.58. The van der Waals surface area contributed by atoms with E-state index in [-0.39, 0.29) is 0 Å². The second-order valence-corrected chi connectivity index (χ2v) is 4.55. The van der Waals surface area contributed by atoms with E-state index in [0.717, 1.165) is 40.6 Å². The third-order valence-corrected chi connectivity index (χ3v) is 3.19. The molecule has 0 atom stereocenters. The Hall–Kier alpha value is -1.33. The third kappa shape index (κ3) is 2.62. The first-order valence-electron chi connectivity index (χ1n) is 5.18. The molecule has 86 valence electrons. The SMILES string of the molecule is COCCCNc1nc2ccc(N)cc2s1. The van der Waals surface area contributed by atoms with Crippen molar-refractivity contribution in [2.45, 2.75) is 6.42 Å². The summed E-state index contributed by atoms with van der Waals surface area (Å²) in [5.74, 6) is 0. The van der Waals surface area contributed by atoms with Gasteiger partial charge >= 0.3 is 0 Å². The number of nitrogens with zero attached hydrogens (tertiary/aromatic N) is 1. The molecule has 0 bridgehead atoms. The minimum Gasteiger partial charge on any atom is -0.399 e. The van der Waals surface area contributed by atoms with Crippen LogP contribution in [0.4, 0.5) is 10.8 Å². The summed E-state index contributed by atoms with van der Waals surface area (Å²) in [4.78, 5) is 4.46. The fourth-order valence-electron chi connectivity index (χ4n) is 1.43. The van der Waals surface area contributed by atoms with Crippen LogP contribution in [0.1, 0.15) is 6.42 Å². The van der Waals surface area contributed by atoms with Gasteiger partial charge in [-0.2, -0.15) is 0 Å². The summed E-state index contributed by atoms with van der Waals surface area (Å²) in [7, 11) is 1.71. The van der Waals surface area contributed by atoms with E-state index in [0.29, 0.717) is 0 Å². The largest absolute Gasteiger partial charge is 0.399 e. The van der Waals surface area contributed by atoms with Gasteiger partial charge in [0.1, 0.15) is 0 Å². The molecule has 0 unspecified atom stereocenters. The molecule has 4 nitrogen and oxygen atoms in total. The predicted molar refractivity (Wildman–Crippen MR) is 69.0 cm³/mol. The summed E-state index contributed by atoms with van der Waals surface area (Å²) in [6, 6.07) is 5.77. The molecular formula is C11H15N3OS. The highest BCUT2D eigenvalue weighted by atomic mass is 32.1. The number of thiazole rings is 1. The molecular weight excluding hydrogens is 222 g/mol. The van der Waals surface area contributed by atoms with Crippen molar-refractivity contribution in [2.24, 2.45) is 0 Å². The predicted octanol–water partition coefficient (Wildman–Crippen LogP) is 2.33. The number of benzene rings is 1. The van der Waals surface area contributed by atoms with Crippen LogP contribution in [0.25, 0.3) is 10.2 Å². The molecule has 1 heterocycles. The zero-order valence-corrected chi connectivity index (χ0v) is 10.0. The van der Waals surface area contributed by atoms with Crippen LogP contribution in [0.2, 0.25) is 0 Å². The Morgan fingerprint density at radius 2 is 2.38 bits per heavy atom. The van der Waals surface area contributed by atoms with Crippen LogP contribution in [-0.2, 0) is 4.74 Å². The Bertz CT molecular complexity index is 469. The van der Waals surface area contributed by atoms with Gasteiger partial charge in [-0.3, -0.25) is 0 Å². The van der Waals surface area contributed by atoms with Gasteiger partial charge in [0.2, 0.25) is 0 Å². The lowest BCUT2D eigenvalue weighted by molar-refractivity contribution is 0.198. The molecule has 0 aliphatic rings. The molecule has 3 N–H and O–H groups in total. The van der Waals surface area contributed by atoms with Crippen molar-refractivity contribution in [1.82, 2.24) is 4.98 Å². The summed E-state index contributed by atoms with van der Waals surface area (Å²) >= 11 is 1.63. The smallest absolute Gasteiger partial charge is 0.183 e. The summed E-state index contributed by atoms with van der Waals surface area (Å²) in [5, 5.41) is 4.22. The number of anilines is 2. The van der Waals surface area contributed by atoms with E-state index >= 15 is 0 Å². The molecule has 5 heteroatoms. The van der Waals surface area contributed by atoms with Gasteiger partial charge in [-0.25, -0.2) is 4.98 Å². The van der Waals surface area contributed by atoms with E-state index in [1.807, 2.05) is 18.2 Å². The fraction of sp³-hybridized carbons (Fsp3) is 0.364. The van der Waals surface area contributed by atoms with Crippen molar-refractivity contribution in [3.63, 3.8) is 0 Å². The van der Waals surface area contributed by atoms with Gasteiger partial charge in [-0.05, 0) is 24.6 Å². The molecule has 16 heavy (non-hydrogen) atoms. The first-order chi connectivity index (χ1) is 7.79. The molecule has 2 rings (SSSR count). The van der Waals surface area contributed by atoms with E-state index in [2.05, 4.69) is 10.3 Å². The fourth-order valence-corrected chi connectivity index (χ4v) is 2.37.